The van der Waals surface area contributed by atoms with Crippen molar-refractivity contribution in [3.05, 3.63) is 57.6 Å². The SMILES string of the molecule is CCc1cccc(C)c1NC(=O)CN(C(C)=O)c1ccc(Cl)cc1Cl. The predicted octanol–water partition coefficient (Wildman–Crippen LogP) is 4.86. The first kappa shape index (κ1) is 19.3. The fourth-order valence-electron chi connectivity index (χ4n) is 2.59. The summed E-state index contributed by atoms with van der Waals surface area (Å²) in [6.45, 7) is 5.23. The number of nitrogens with zero attached hydrogens (tertiary/aromatic N) is 1. The van der Waals surface area contributed by atoms with E-state index in [4.69, 9.17) is 23.2 Å². The minimum Gasteiger partial charge on any atom is -0.324 e. The van der Waals surface area contributed by atoms with Gasteiger partial charge in [0.25, 0.3) is 0 Å². The minimum absolute atomic E-state index is 0.131. The molecule has 0 aliphatic carbocycles. The number of amides is 2. The average Bonchev–Trinajstić information content (AvgIpc) is 2.55. The summed E-state index contributed by atoms with van der Waals surface area (Å²) in [5, 5.41) is 3.70. The zero-order valence-electron chi connectivity index (χ0n) is 14.4. The Balaban J connectivity index is 2.23. The van der Waals surface area contributed by atoms with E-state index in [2.05, 4.69) is 5.32 Å². The third kappa shape index (κ3) is 4.74. The van der Waals surface area contributed by atoms with Gasteiger partial charge in [-0.05, 0) is 42.7 Å². The molecule has 2 amide bonds. The number of benzene rings is 2. The second-order valence-corrected chi connectivity index (χ2v) is 6.56. The van der Waals surface area contributed by atoms with E-state index in [1.165, 1.54) is 11.8 Å². The van der Waals surface area contributed by atoms with Crippen LogP contribution in [0.4, 0.5) is 11.4 Å². The molecular formula is C19H20Cl2N2O2. The van der Waals surface area contributed by atoms with Crippen molar-refractivity contribution < 1.29 is 9.59 Å². The fraction of sp³-hybridized carbons (Fsp3) is 0.263. The van der Waals surface area contributed by atoms with Crippen LogP contribution >= 0.6 is 23.2 Å². The monoisotopic (exact) mass is 378 g/mol. The Labute approximate surface area is 157 Å². The first-order valence-corrected chi connectivity index (χ1v) is 8.70. The van der Waals surface area contributed by atoms with Crippen molar-refractivity contribution in [1.82, 2.24) is 0 Å². The number of aryl methyl sites for hydroxylation is 2. The molecule has 2 aromatic rings. The lowest BCUT2D eigenvalue weighted by Crippen LogP contribution is -2.37. The van der Waals surface area contributed by atoms with E-state index in [0.29, 0.717) is 15.7 Å². The Morgan fingerprint density at radius 1 is 1.16 bits per heavy atom. The molecule has 0 radical (unpaired) electrons. The summed E-state index contributed by atoms with van der Waals surface area (Å²) in [6, 6.07) is 10.7. The van der Waals surface area contributed by atoms with Crippen LogP contribution in [0.3, 0.4) is 0 Å². The maximum atomic E-state index is 12.5. The Morgan fingerprint density at radius 3 is 2.48 bits per heavy atom. The first-order chi connectivity index (χ1) is 11.8. The molecule has 0 atom stereocenters. The van der Waals surface area contributed by atoms with Gasteiger partial charge in [-0.2, -0.15) is 0 Å². The molecule has 2 rings (SSSR count). The molecule has 0 unspecified atom stereocenters. The van der Waals surface area contributed by atoms with Gasteiger partial charge in [0.05, 0.1) is 10.7 Å². The zero-order valence-corrected chi connectivity index (χ0v) is 15.9. The van der Waals surface area contributed by atoms with E-state index in [0.717, 1.165) is 23.2 Å². The molecule has 6 heteroatoms. The van der Waals surface area contributed by atoms with Crippen molar-refractivity contribution in [2.75, 3.05) is 16.8 Å². The Kier molecular flexibility index (Phi) is 6.45. The molecule has 25 heavy (non-hydrogen) atoms. The number of rotatable bonds is 5. The minimum atomic E-state index is -0.287. The molecule has 0 saturated carbocycles. The third-order valence-electron chi connectivity index (χ3n) is 3.89. The molecule has 1 N–H and O–H groups in total. The normalized spacial score (nSPS) is 10.4. The van der Waals surface area contributed by atoms with Crippen molar-refractivity contribution >= 4 is 46.4 Å². The van der Waals surface area contributed by atoms with Gasteiger partial charge >= 0.3 is 0 Å². The summed E-state index contributed by atoms with van der Waals surface area (Å²) in [6.07, 6.45) is 0.802. The molecular weight excluding hydrogens is 359 g/mol. The molecule has 0 spiro atoms. The highest BCUT2D eigenvalue weighted by Crippen LogP contribution is 2.29. The highest BCUT2D eigenvalue weighted by molar-refractivity contribution is 6.36. The molecule has 0 bridgehead atoms. The van der Waals surface area contributed by atoms with Crippen molar-refractivity contribution in [2.45, 2.75) is 27.2 Å². The first-order valence-electron chi connectivity index (χ1n) is 7.95. The highest BCUT2D eigenvalue weighted by atomic mass is 35.5. The number of para-hydroxylation sites is 1. The molecule has 132 valence electrons. The van der Waals surface area contributed by atoms with Crippen molar-refractivity contribution in [2.24, 2.45) is 0 Å². The summed E-state index contributed by atoms with van der Waals surface area (Å²) >= 11 is 12.1. The molecule has 0 fully saturated rings. The quantitative estimate of drug-likeness (QED) is 0.807. The van der Waals surface area contributed by atoms with Crippen LogP contribution in [0.25, 0.3) is 0 Å². The van der Waals surface area contributed by atoms with E-state index in [1.807, 2.05) is 32.0 Å². The van der Waals surface area contributed by atoms with Crippen LogP contribution in [0.15, 0.2) is 36.4 Å². The van der Waals surface area contributed by atoms with E-state index >= 15 is 0 Å². The topological polar surface area (TPSA) is 49.4 Å². The smallest absolute Gasteiger partial charge is 0.244 e. The van der Waals surface area contributed by atoms with Gasteiger partial charge in [0.15, 0.2) is 0 Å². The number of nitrogens with one attached hydrogen (secondary N) is 1. The fourth-order valence-corrected chi connectivity index (χ4v) is 3.10. The number of hydrogen-bond donors (Lipinski definition) is 1. The standard InChI is InChI=1S/C19H20Cl2N2O2/c1-4-14-7-5-6-12(2)19(14)22-18(25)11-23(13(3)24)17-9-8-15(20)10-16(17)21/h5-10H,4,11H2,1-3H3,(H,22,25). The van der Waals surface area contributed by atoms with Crippen LogP contribution in [0.5, 0.6) is 0 Å². The van der Waals surface area contributed by atoms with Crippen molar-refractivity contribution in [1.29, 1.82) is 0 Å². The predicted molar refractivity (Wildman–Crippen MR) is 104 cm³/mol. The third-order valence-corrected chi connectivity index (χ3v) is 4.42. The number of carbonyl (C=O) groups is 2. The van der Waals surface area contributed by atoms with Gasteiger partial charge < -0.3 is 10.2 Å². The lowest BCUT2D eigenvalue weighted by Gasteiger charge is -2.22. The lowest BCUT2D eigenvalue weighted by atomic mass is 10.1. The van der Waals surface area contributed by atoms with Gasteiger partial charge in [-0.3, -0.25) is 9.59 Å². The second kappa shape index (κ2) is 8.37. The van der Waals surface area contributed by atoms with Crippen LogP contribution in [0.1, 0.15) is 25.0 Å². The van der Waals surface area contributed by atoms with E-state index in [1.54, 1.807) is 18.2 Å². The number of carbonyl (C=O) groups excluding carboxylic acids is 2. The molecule has 4 nitrogen and oxygen atoms in total. The summed E-state index contributed by atoms with van der Waals surface area (Å²) in [5.74, 6) is -0.565. The zero-order chi connectivity index (χ0) is 18.6. The second-order valence-electron chi connectivity index (χ2n) is 5.71. The number of hydrogen-bond acceptors (Lipinski definition) is 2. The Hall–Kier alpha value is -2.04. The van der Waals surface area contributed by atoms with Gasteiger partial charge in [0.2, 0.25) is 11.8 Å². The van der Waals surface area contributed by atoms with E-state index in [-0.39, 0.29) is 18.4 Å². The number of anilines is 2. The van der Waals surface area contributed by atoms with Crippen LogP contribution in [-0.2, 0) is 16.0 Å². The van der Waals surface area contributed by atoms with Crippen LogP contribution in [0.2, 0.25) is 10.0 Å². The lowest BCUT2D eigenvalue weighted by molar-refractivity contribution is -0.120. The molecule has 0 heterocycles. The molecule has 2 aromatic carbocycles. The summed E-state index contributed by atoms with van der Waals surface area (Å²) in [4.78, 5) is 25.9. The maximum absolute atomic E-state index is 12.5. The summed E-state index contributed by atoms with van der Waals surface area (Å²) in [7, 11) is 0. The molecule has 0 aliphatic rings. The van der Waals surface area contributed by atoms with Gasteiger partial charge in [-0.1, -0.05) is 48.3 Å². The summed E-state index contributed by atoms with van der Waals surface area (Å²) < 4.78 is 0. The van der Waals surface area contributed by atoms with Gasteiger partial charge in [0, 0.05) is 17.6 Å². The molecule has 0 aliphatic heterocycles. The number of halogens is 2. The largest absolute Gasteiger partial charge is 0.324 e. The Morgan fingerprint density at radius 2 is 1.88 bits per heavy atom. The van der Waals surface area contributed by atoms with Crippen LogP contribution in [0, 0.1) is 6.92 Å². The van der Waals surface area contributed by atoms with E-state index < -0.39 is 0 Å². The Bertz CT molecular complexity index is 806. The van der Waals surface area contributed by atoms with Crippen molar-refractivity contribution in [3.63, 3.8) is 0 Å². The van der Waals surface area contributed by atoms with Gasteiger partial charge in [-0.25, -0.2) is 0 Å². The van der Waals surface area contributed by atoms with Crippen LogP contribution in [-0.4, -0.2) is 18.4 Å². The van der Waals surface area contributed by atoms with Crippen molar-refractivity contribution in [3.8, 4) is 0 Å². The molecule has 0 saturated heterocycles. The average molecular weight is 379 g/mol. The van der Waals surface area contributed by atoms with Gasteiger partial charge in [0.1, 0.15) is 6.54 Å². The summed E-state index contributed by atoms with van der Waals surface area (Å²) in [5.41, 5.74) is 3.27. The van der Waals surface area contributed by atoms with E-state index in [9.17, 15) is 9.59 Å². The molecule has 0 aromatic heterocycles. The van der Waals surface area contributed by atoms with Crippen LogP contribution < -0.4 is 10.2 Å². The van der Waals surface area contributed by atoms with Gasteiger partial charge in [-0.15, -0.1) is 0 Å². The highest BCUT2D eigenvalue weighted by Gasteiger charge is 2.19. The maximum Gasteiger partial charge on any atom is 0.244 e.